The van der Waals surface area contributed by atoms with Crippen LogP contribution in [0.15, 0.2) is 22.7 Å². The Hall–Kier alpha value is -1.91. The van der Waals surface area contributed by atoms with Crippen molar-refractivity contribution in [2.75, 3.05) is 7.11 Å². The van der Waals surface area contributed by atoms with Crippen LogP contribution in [0.3, 0.4) is 0 Å². The molecule has 0 atom stereocenters. The molecule has 0 unspecified atom stereocenters. The molecule has 0 amide bonds. The molecule has 5 heteroatoms. The van der Waals surface area contributed by atoms with Crippen molar-refractivity contribution in [1.82, 2.24) is 5.16 Å². The Bertz CT molecular complexity index is 523. The Labute approximate surface area is 90.6 Å². The van der Waals surface area contributed by atoms with E-state index in [0.717, 1.165) is 12.1 Å². The Morgan fingerprint density at radius 1 is 1.19 bits per heavy atom. The first-order chi connectivity index (χ1) is 7.61. The van der Waals surface area contributed by atoms with Crippen molar-refractivity contribution < 1.29 is 18.0 Å². The van der Waals surface area contributed by atoms with Gasteiger partial charge in [-0.3, -0.25) is 0 Å². The molecule has 0 radical (unpaired) electrons. The summed E-state index contributed by atoms with van der Waals surface area (Å²) in [4.78, 5) is 0. The van der Waals surface area contributed by atoms with Gasteiger partial charge in [0.15, 0.2) is 17.3 Å². The van der Waals surface area contributed by atoms with Gasteiger partial charge in [0.05, 0.1) is 18.4 Å². The van der Waals surface area contributed by atoms with Crippen LogP contribution in [-0.2, 0) is 0 Å². The molecule has 2 aromatic rings. The number of nitrogens with zero attached hydrogens (tertiary/aromatic N) is 1. The molecule has 0 saturated carbocycles. The third kappa shape index (κ3) is 1.76. The molecular formula is C11H9F2NO2. The second-order valence-electron chi connectivity index (χ2n) is 3.30. The zero-order valence-corrected chi connectivity index (χ0v) is 8.75. The lowest BCUT2D eigenvalue weighted by atomic mass is 10.1. The Balaban J connectivity index is 2.54. The predicted octanol–water partition coefficient (Wildman–Crippen LogP) is 2.94. The first kappa shape index (κ1) is 10.6. The highest BCUT2D eigenvalue weighted by Gasteiger charge is 2.15. The Kier molecular flexibility index (Phi) is 2.60. The van der Waals surface area contributed by atoms with E-state index in [9.17, 15) is 8.78 Å². The van der Waals surface area contributed by atoms with Crippen molar-refractivity contribution in [3.8, 4) is 17.1 Å². The van der Waals surface area contributed by atoms with Crippen molar-refractivity contribution >= 4 is 0 Å². The van der Waals surface area contributed by atoms with Crippen molar-refractivity contribution in [3.05, 3.63) is 35.5 Å². The molecule has 0 saturated heterocycles. The molecule has 0 aliphatic carbocycles. The number of methoxy groups -OCH3 is 1. The Morgan fingerprint density at radius 2 is 1.94 bits per heavy atom. The molecule has 3 nitrogen and oxygen atoms in total. The molecule has 0 bridgehead atoms. The lowest BCUT2D eigenvalue weighted by molar-refractivity contribution is 0.382. The number of hydrogen-bond acceptors (Lipinski definition) is 3. The fourth-order valence-electron chi connectivity index (χ4n) is 1.36. The van der Waals surface area contributed by atoms with Gasteiger partial charge in [-0.2, -0.15) is 0 Å². The minimum absolute atomic E-state index is 0.0268. The maximum absolute atomic E-state index is 13.6. The van der Waals surface area contributed by atoms with Crippen molar-refractivity contribution in [2.45, 2.75) is 6.92 Å². The van der Waals surface area contributed by atoms with Gasteiger partial charge in [0.25, 0.3) is 0 Å². The molecule has 2 rings (SSSR count). The molecule has 0 N–H and O–H groups in total. The number of aryl methyl sites for hydroxylation is 1. The summed E-state index contributed by atoms with van der Waals surface area (Å²) in [6.45, 7) is 1.70. The SMILES string of the molecule is COc1cc(F)c(-c2cc(C)no2)cc1F. The summed E-state index contributed by atoms with van der Waals surface area (Å²) in [5, 5.41) is 3.61. The normalized spacial score (nSPS) is 10.5. The van der Waals surface area contributed by atoms with E-state index >= 15 is 0 Å². The lowest BCUT2D eigenvalue weighted by Crippen LogP contribution is -1.92. The van der Waals surface area contributed by atoms with E-state index < -0.39 is 11.6 Å². The highest BCUT2D eigenvalue weighted by atomic mass is 19.1. The van der Waals surface area contributed by atoms with Crippen molar-refractivity contribution in [3.63, 3.8) is 0 Å². The molecular weight excluding hydrogens is 216 g/mol. The number of halogens is 2. The number of rotatable bonds is 2. The topological polar surface area (TPSA) is 35.3 Å². The largest absolute Gasteiger partial charge is 0.494 e. The quantitative estimate of drug-likeness (QED) is 0.788. The van der Waals surface area contributed by atoms with E-state index in [0.29, 0.717) is 5.69 Å². The van der Waals surface area contributed by atoms with Gasteiger partial charge < -0.3 is 9.26 Å². The molecule has 1 aromatic carbocycles. The Morgan fingerprint density at radius 3 is 2.50 bits per heavy atom. The lowest BCUT2D eigenvalue weighted by Gasteiger charge is -2.04. The highest BCUT2D eigenvalue weighted by Crippen LogP contribution is 2.29. The summed E-state index contributed by atoms with van der Waals surface area (Å²) in [6, 6.07) is 3.53. The van der Waals surface area contributed by atoms with Crippen LogP contribution in [0, 0.1) is 18.6 Å². The molecule has 0 fully saturated rings. The van der Waals surface area contributed by atoms with E-state index in [-0.39, 0.29) is 17.1 Å². The fraction of sp³-hybridized carbons (Fsp3) is 0.182. The van der Waals surface area contributed by atoms with Gasteiger partial charge >= 0.3 is 0 Å². The van der Waals surface area contributed by atoms with Crippen LogP contribution in [0.1, 0.15) is 5.69 Å². The maximum atomic E-state index is 13.6. The smallest absolute Gasteiger partial charge is 0.170 e. The van der Waals surface area contributed by atoms with Gasteiger partial charge in [-0.15, -0.1) is 0 Å². The van der Waals surface area contributed by atoms with Crippen molar-refractivity contribution in [1.29, 1.82) is 0 Å². The minimum Gasteiger partial charge on any atom is -0.494 e. The third-order valence-electron chi connectivity index (χ3n) is 2.13. The average Bonchev–Trinajstić information content (AvgIpc) is 2.67. The number of ether oxygens (including phenoxy) is 1. The molecule has 16 heavy (non-hydrogen) atoms. The summed E-state index contributed by atoms with van der Waals surface area (Å²) in [6.07, 6.45) is 0. The van der Waals surface area contributed by atoms with Gasteiger partial charge in [0.1, 0.15) is 5.82 Å². The van der Waals surface area contributed by atoms with Gasteiger partial charge in [0.2, 0.25) is 0 Å². The summed E-state index contributed by atoms with van der Waals surface area (Å²) in [5.41, 5.74) is 0.629. The first-order valence-electron chi connectivity index (χ1n) is 4.58. The van der Waals surface area contributed by atoms with E-state index in [4.69, 9.17) is 4.52 Å². The van der Waals surface area contributed by atoms with E-state index in [1.54, 1.807) is 6.92 Å². The molecule has 84 valence electrons. The second-order valence-corrected chi connectivity index (χ2v) is 3.30. The number of benzene rings is 1. The van der Waals surface area contributed by atoms with Crippen LogP contribution in [-0.4, -0.2) is 12.3 Å². The molecule has 0 aliphatic rings. The summed E-state index contributed by atoms with van der Waals surface area (Å²) >= 11 is 0. The summed E-state index contributed by atoms with van der Waals surface area (Å²) in [7, 11) is 1.27. The highest BCUT2D eigenvalue weighted by molar-refractivity contribution is 5.59. The zero-order chi connectivity index (χ0) is 11.7. The maximum Gasteiger partial charge on any atom is 0.170 e. The zero-order valence-electron chi connectivity index (χ0n) is 8.75. The van der Waals surface area contributed by atoms with Crippen LogP contribution in [0.2, 0.25) is 0 Å². The van der Waals surface area contributed by atoms with Crippen LogP contribution in [0.25, 0.3) is 11.3 Å². The van der Waals surface area contributed by atoms with Gasteiger partial charge in [-0.25, -0.2) is 8.78 Å². The van der Waals surface area contributed by atoms with Crippen molar-refractivity contribution in [2.24, 2.45) is 0 Å². The van der Waals surface area contributed by atoms with Gasteiger partial charge in [0, 0.05) is 12.1 Å². The molecule has 0 aliphatic heterocycles. The van der Waals surface area contributed by atoms with Crippen LogP contribution in [0.5, 0.6) is 5.75 Å². The summed E-state index contributed by atoms with van der Waals surface area (Å²) in [5.74, 6) is -1.21. The number of aromatic nitrogens is 1. The van der Waals surface area contributed by atoms with E-state index in [1.165, 1.54) is 13.2 Å². The molecule has 0 spiro atoms. The number of hydrogen-bond donors (Lipinski definition) is 0. The standard InChI is InChI=1S/C11H9F2NO2/c1-6-3-10(16-14-6)7-4-9(13)11(15-2)5-8(7)12/h3-5H,1-2H3. The third-order valence-corrected chi connectivity index (χ3v) is 2.13. The second kappa shape index (κ2) is 3.92. The average molecular weight is 225 g/mol. The molecule has 1 aromatic heterocycles. The summed E-state index contributed by atoms with van der Waals surface area (Å²) < 4.78 is 36.5. The van der Waals surface area contributed by atoms with E-state index in [2.05, 4.69) is 9.89 Å². The van der Waals surface area contributed by atoms with Gasteiger partial charge in [-0.1, -0.05) is 5.16 Å². The predicted molar refractivity (Wildman–Crippen MR) is 53.1 cm³/mol. The minimum atomic E-state index is -0.645. The van der Waals surface area contributed by atoms with E-state index in [1.807, 2.05) is 0 Å². The van der Waals surface area contributed by atoms with Crippen LogP contribution >= 0.6 is 0 Å². The van der Waals surface area contributed by atoms with Crippen LogP contribution in [0.4, 0.5) is 8.78 Å². The monoisotopic (exact) mass is 225 g/mol. The van der Waals surface area contributed by atoms with Crippen LogP contribution < -0.4 is 4.74 Å². The molecule has 1 heterocycles. The van der Waals surface area contributed by atoms with Gasteiger partial charge in [-0.05, 0) is 13.0 Å². The first-order valence-corrected chi connectivity index (χ1v) is 4.58. The fourth-order valence-corrected chi connectivity index (χ4v) is 1.36.